The average molecular weight is 592 g/mol. The van der Waals surface area contributed by atoms with Crippen molar-refractivity contribution in [3.8, 4) is 22.8 Å². The number of fused-ring (bicyclic) bond motifs is 3. The highest BCUT2D eigenvalue weighted by molar-refractivity contribution is 7.07. The van der Waals surface area contributed by atoms with E-state index in [1.807, 2.05) is 36.4 Å². The van der Waals surface area contributed by atoms with Gasteiger partial charge in [0.2, 0.25) is 6.79 Å². The van der Waals surface area contributed by atoms with Crippen LogP contribution in [0.5, 0.6) is 11.5 Å². The molecule has 8 nitrogen and oxygen atoms in total. The van der Waals surface area contributed by atoms with Gasteiger partial charge in [0.15, 0.2) is 16.3 Å². The highest BCUT2D eigenvalue weighted by atomic mass is 32.1. The lowest BCUT2D eigenvalue weighted by atomic mass is 9.95. The number of aryl methyl sites for hydroxylation is 2. The minimum Gasteiger partial charge on any atom is -0.463 e. The second-order valence-electron chi connectivity index (χ2n) is 10.7. The predicted octanol–water partition coefficient (Wildman–Crippen LogP) is 5.29. The van der Waals surface area contributed by atoms with Crippen molar-refractivity contribution in [2.24, 2.45) is 4.99 Å². The Morgan fingerprint density at radius 3 is 2.67 bits per heavy atom. The van der Waals surface area contributed by atoms with Gasteiger partial charge in [0.1, 0.15) is 0 Å². The standard InChI is InChI=1S/C34H29N3O5S/c1-5-40-33(39)28-20(4)35-34-37(31(28)22-11-12-25-26(15-22)42-17-41-25)32(38)27(43-34)16-24-23-14-18(2)13-19(3)29(23)36-30(24)21-9-7-6-8-10-21/h6-16,31,36H,5,17H2,1-4H3/b27-16+. The Morgan fingerprint density at radius 2 is 1.88 bits per heavy atom. The molecule has 0 bridgehead atoms. The fourth-order valence-corrected chi connectivity index (χ4v) is 7.00. The second kappa shape index (κ2) is 10.4. The summed E-state index contributed by atoms with van der Waals surface area (Å²) < 4.78 is 18.7. The van der Waals surface area contributed by atoms with Gasteiger partial charge < -0.3 is 19.2 Å². The van der Waals surface area contributed by atoms with E-state index in [2.05, 4.69) is 43.1 Å². The van der Waals surface area contributed by atoms with Gasteiger partial charge in [0, 0.05) is 16.5 Å². The molecule has 5 aromatic rings. The fraction of sp³-hybridized carbons (Fsp3) is 0.206. The number of aromatic amines is 1. The molecule has 1 N–H and O–H groups in total. The number of rotatable bonds is 5. The third kappa shape index (κ3) is 4.47. The molecule has 216 valence electrons. The molecular weight excluding hydrogens is 562 g/mol. The van der Waals surface area contributed by atoms with Crippen LogP contribution in [0.15, 0.2) is 81.7 Å². The van der Waals surface area contributed by atoms with Gasteiger partial charge in [-0.2, -0.15) is 0 Å². The minimum absolute atomic E-state index is 0.120. The third-order valence-corrected chi connectivity index (χ3v) is 8.84. The molecule has 4 heterocycles. The third-order valence-electron chi connectivity index (χ3n) is 7.86. The molecule has 0 saturated carbocycles. The van der Waals surface area contributed by atoms with Crippen molar-refractivity contribution >= 4 is 34.3 Å². The maximum Gasteiger partial charge on any atom is 0.338 e. The predicted molar refractivity (Wildman–Crippen MR) is 166 cm³/mol. The van der Waals surface area contributed by atoms with Crippen LogP contribution in [0.3, 0.4) is 0 Å². The summed E-state index contributed by atoms with van der Waals surface area (Å²) in [5.74, 6) is 0.678. The molecule has 0 fully saturated rings. The largest absolute Gasteiger partial charge is 0.463 e. The Labute approximate surface area is 251 Å². The van der Waals surface area contributed by atoms with Crippen LogP contribution in [0.25, 0.3) is 28.2 Å². The average Bonchev–Trinajstić information content (AvgIpc) is 3.69. The summed E-state index contributed by atoms with van der Waals surface area (Å²) in [7, 11) is 0. The lowest BCUT2D eigenvalue weighted by molar-refractivity contribution is -0.139. The molecule has 0 saturated heterocycles. The van der Waals surface area contributed by atoms with Crippen LogP contribution >= 0.6 is 11.3 Å². The normalized spacial score (nSPS) is 16.0. The molecule has 1 atom stereocenters. The van der Waals surface area contributed by atoms with Gasteiger partial charge in [-0.05, 0) is 68.7 Å². The molecule has 3 aromatic carbocycles. The SMILES string of the molecule is CCOC(=O)C1=C(C)N=c2s/c(=C/c3c(-c4ccccc4)[nH]c4c(C)cc(C)cc34)c(=O)n2C1c1ccc2c(c1)OCO2. The van der Waals surface area contributed by atoms with Crippen molar-refractivity contribution in [1.29, 1.82) is 0 Å². The Balaban J connectivity index is 1.48. The van der Waals surface area contributed by atoms with Crippen molar-refractivity contribution in [3.63, 3.8) is 0 Å². The Bertz CT molecular complexity index is 2150. The molecule has 0 radical (unpaired) electrons. The Morgan fingerprint density at radius 1 is 1.09 bits per heavy atom. The van der Waals surface area contributed by atoms with Crippen molar-refractivity contribution in [3.05, 3.63) is 114 Å². The van der Waals surface area contributed by atoms with E-state index >= 15 is 0 Å². The van der Waals surface area contributed by atoms with Crippen molar-refractivity contribution in [2.45, 2.75) is 33.7 Å². The number of carbonyl (C=O) groups excluding carboxylic acids is 1. The highest BCUT2D eigenvalue weighted by Crippen LogP contribution is 2.38. The zero-order chi connectivity index (χ0) is 29.8. The zero-order valence-corrected chi connectivity index (χ0v) is 25.0. The Kier molecular flexibility index (Phi) is 6.54. The molecule has 0 aliphatic carbocycles. The van der Waals surface area contributed by atoms with E-state index in [4.69, 9.17) is 19.2 Å². The van der Waals surface area contributed by atoms with Crippen LogP contribution in [0, 0.1) is 13.8 Å². The van der Waals surface area contributed by atoms with Gasteiger partial charge in [-0.25, -0.2) is 9.79 Å². The quantitative estimate of drug-likeness (QED) is 0.280. The zero-order valence-electron chi connectivity index (χ0n) is 24.2. The van der Waals surface area contributed by atoms with E-state index in [-0.39, 0.29) is 19.0 Å². The van der Waals surface area contributed by atoms with E-state index in [0.29, 0.717) is 37.7 Å². The number of aromatic nitrogens is 2. The maximum atomic E-state index is 14.3. The molecule has 2 aromatic heterocycles. The van der Waals surface area contributed by atoms with E-state index in [9.17, 15) is 9.59 Å². The molecule has 7 rings (SSSR count). The summed E-state index contributed by atoms with van der Waals surface area (Å²) in [5, 5.41) is 1.04. The molecule has 0 amide bonds. The summed E-state index contributed by atoms with van der Waals surface area (Å²) in [5.41, 5.74) is 7.49. The van der Waals surface area contributed by atoms with Gasteiger partial charge in [-0.1, -0.05) is 59.4 Å². The van der Waals surface area contributed by atoms with Crippen LogP contribution < -0.4 is 24.4 Å². The van der Waals surface area contributed by atoms with Gasteiger partial charge in [0.25, 0.3) is 5.56 Å². The minimum atomic E-state index is -0.743. The summed E-state index contributed by atoms with van der Waals surface area (Å²) in [6, 6.07) is 19.1. The summed E-state index contributed by atoms with van der Waals surface area (Å²) in [6.07, 6.45) is 1.95. The molecule has 2 aliphatic heterocycles. The van der Waals surface area contributed by atoms with Crippen LogP contribution in [0.2, 0.25) is 0 Å². The lowest BCUT2D eigenvalue weighted by Crippen LogP contribution is -2.39. The van der Waals surface area contributed by atoms with Crippen molar-refractivity contribution in [1.82, 2.24) is 9.55 Å². The number of carbonyl (C=O) groups is 1. The van der Waals surface area contributed by atoms with Gasteiger partial charge >= 0.3 is 5.97 Å². The molecule has 1 unspecified atom stereocenters. The molecular formula is C34H29N3O5S. The van der Waals surface area contributed by atoms with Gasteiger partial charge in [-0.3, -0.25) is 9.36 Å². The number of allylic oxidation sites excluding steroid dienone is 1. The van der Waals surface area contributed by atoms with Crippen LogP contribution in [-0.2, 0) is 9.53 Å². The molecule has 0 spiro atoms. The highest BCUT2D eigenvalue weighted by Gasteiger charge is 2.34. The van der Waals surface area contributed by atoms with E-state index in [0.717, 1.165) is 38.9 Å². The fourth-order valence-electron chi connectivity index (χ4n) is 5.98. The van der Waals surface area contributed by atoms with Gasteiger partial charge in [0.05, 0.1) is 34.1 Å². The number of nitrogens with one attached hydrogen (secondary N) is 1. The maximum absolute atomic E-state index is 14.3. The molecule has 2 aliphatic rings. The molecule has 9 heteroatoms. The second-order valence-corrected chi connectivity index (χ2v) is 11.7. The van der Waals surface area contributed by atoms with Crippen molar-refractivity contribution in [2.75, 3.05) is 13.4 Å². The van der Waals surface area contributed by atoms with E-state index in [1.165, 1.54) is 11.3 Å². The summed E-state index contributed by atoms with van der Waals surface area (Å²) >= 11 is 1.31. The topological polar surface area (TPSA) is 94.9 Å². The van der Waals surface area contributed by atoms with Crippen LogP contribution in [0.4, 0.5) is 0 Å². The monoisotopic (exact) mass is 591 g/mol. The van der Waals surface area contributed by atoms with E-state index in [1.54, 1.807) is 24.5 Å². The number of H-pyrrole nitrogens is 1. The first-order valence-corrected chi connectivity index (χ1v) is 14.9. The number of hydrogen-bond donors (Lipinski definition) is 1. The smallest absolute Gasteiger partial charge is 0.338 e. The first-order valence-electron chi connectivity index (χ1n) is 14.1. The van der Waals surface area contributed by atoms with E-state index < -0.39 is 12.0 Å². The first kappa shape index (κ1) is 27.0. The number of benzene rings is 3. The first-order chi connectivity index (χ1) is 20.8. The number of esters is 1. The molecule has 43 heavy (non-hydrogen) atoms. The number of hydrogen-bond acceptors (Lipinski definition) is 7. The number of nitrogens with zero attached hydrogens (tertiary/aromatic N) is 2. The van der Waals surface area contributed by atoms with Crippen LogP contribution in [0.1, 0.15) is 42.1 Å². The number of ether oxygens (including phenoxy) is 3. The van der Waals surface area contributed by atoms with Crippen molar-refractivity contribution < 1.29 is 19.0 Å². The lowest BCUT2D eigenvalue weighted by Gasteiger charge is -2.24. The van der Waals surface area contributed by atoms with Crippen LogP contribution in [-0.4, -0.2) is 28.9 Å². The summed E-state index contributed by atoms with van der Waals surface area (Å²) in [6.45, 7) is 8.02. The Hall–Kier alpha value is -4.89. The summed E-state index contributed by atoms with van der Waals surface area (Å²) in [4.78, 5) is 36.5. The number of thiazole rings is 1. The van der Waals surface area contributed by atoms with Gasteiger partial charge in [-0.15, -0.1) is 0 Å².